The molecule has 0 bridgehead atoms. The van der Waals surface area contributed by atoms with Gasteiger partial charge in [0, 0.05) is 25.6 Å². The van der Waals surface area contributed by atoms with Gasteiger partial charge in [-0.05, 0) is 38.3 Å². The minimum atomic E-state index is -0.653. The molecule has 1 aromatic carbocycles. The Hall–Kier alpha value is -0.280. The highest BCUT2D eigenvalue weighted by atomic mass is 35.5. The van der Waals surface area contributed by atoms with E-state index in [2.05, 4.69) is 18.7 Å². The molecule has 0 aromatic heterocycles. The summed E-state index contributed by atoms with van der Waals surface area (Å²) in [5.74, 6) is 0. The van der Waals surface area contributed by atoms with Crippen LogP contribution in [-0.4, -0.2) is 34.7 Å². The molecule has 0 amide bonds. The summed E-state index contributed by atoms with van der Waals surface area (Å²) in [6.07, 6.45) is 2.15. The number of hydrogen-bond acceptors (Lipinski definition) is 2. The van der Waals surface area contributed by atoms with Gasteiger partial charge in [0.25, 0.3) is 0 Å². The lowest BCUT2D eigenvalue weighted by Crippen LogP contribution is -2.47. The molecule has 1 N–H and O–H groups in total. The molecule has 0 aliphatic carbocycles. The Balaban J connectivity index is 2.05. The van der Waals surface area contributed by atoms with Crippen LogP contribution in [-0.2, 0) is 6.42 Å². The molecule has 0 spiro atoms. The van der Waals surface area contributed by atoms with Gasteiger partial charge < -0.3 is 10.0 Å². The van der Waals surface area contributed by atoms with Gasteiger partial charge in [0.15, 0.2) is 0 Å². The second-order valence-electron chi connectivity index (χ2n) is 5.74. The molecule has 1 aliphatic heterocycles. The lowest BCUT2D eigenvalue weighted by atomic mass is 9.85. The predicted octanol–water partition coefficient (Wildman–Crippen LogP) is 3.77. The highest BCUT2D eigenvalue weighted by Crippen LogP contribution is 2.32. The Morgan fingerprint density at radius 1 is 1.26 bits per heavy atom. The van der Waals surface area contributed by atoms with Gasteiger partial charge in [0.05, 0.1) is 15.6 Å². The van der Waals surface area contributed by atoms with Gasteiger partial charge in [0.2, 0.25) is 0 Å². The smallest absolute Gasteiger partial charge is 0.0712 e. The van der Waals surface area contributed by atoms with Gasteiger partial charge in [-0.25, -0.2) is 0 Å². The maximum absolute atomic E-state index is 10.7. The number of hydrogen-bond donors (Lipinski definition) is 1. The number of nitrogens with zero attached hydrogens (tertiary/aromatic N) is 1. The maximum atomic E-state index is 10.7. The molecular formula is C15H21Cl2NO. The van der Waals surface area contributed by atoms with Crippen LogP contribution in [0.25, 0.3) is 0 Å². The third-order valence-corrected chi connectivity index (χ3v) is 4.87. The van der Waals surface area contributed by atoms with Gasteiger partial charge in [0.1, 0.15) is 0 Å². The molecule has 1 aromatic rings. The number of halogens is 2. The van der Waals surface area contributed by atoms with Crippen LogP contribution < -0.4 is 0 Å². The van der Waals surface area contributed by atoms with E-state index in [1.54, 1.807) is 6.07 Å². The van der Waals surface area contributed by atoms with Gasteiger partial charge in [-0.1, -0.05) is 35.3 Å². The molecule has 2 rings (SSSR count). The number of likely N-dealkylation sites (tertiary alicyclic amines) is 1. The van der Waals surface area contributed by atoms with Crippen LogP contribution in [0.15, 0.2) is 18.2 Å². The SMILES string of the molecule is CC(C)N1CCC(O)(Cc2cccc(Cl)c2Cl)CC1. The van der Waals surface area contributed by atoms with Crippen LogP contribution in [0.5, 0.6) is 0 Å². The summed E-state index contributed by atoms with van der Waals surface area (Å²) < 4.78 is 0. The summed E-state index contributed by atoms with van der Waals surface area (Å²) in [4.78, 5) is 2.40. The Labute approximate surface area is 125 Å². The zero-order valence-corrected chi connectivity index (χ0v) is 13.0. The Kier molecular flexibility index (Phi) is 4.78. The van der Waals surface area contributed by atoms with E-state index < -0.39 is 5.60 Å². The molecule has 19 heavy (non-hydrogen) atoms. The molecule has 0 unspecified atom stereocenters. The average Bonchev–Trinajstić information content (AvgIpc) is 2.35. The fraction of sp³-hybridized carbons (Fsp3) is 0.600. The van der Waals surface area contributed by atoms with E-state index in [4.69, 9.17) is 23.2 Å². The first-order valence-electron chi connectivity index (χ1n) is 6.81. The minimum absolute atomic E-state index is 0.541. The lowest BCUT2D eigenvalue weighted by molar-refractivity contribution is -0.0271. The molecule has 4 heteroatoms. The summed E-state index contributed by atoms with van der Waals surface area (Å²) in [5, 5.41) is 11.8. The lowest BCUT2D eigenvalue weighted by Gasteiger charge is -2.40. The van der Waals surface area contributed by atoms with Crippen LogP contribution in [0.3, 0.4) is 0 Å². The normalized spacial score (nSPS) is 19.9. The molecular weight excluding hydrogens is 281 g/mol. The van der Waals surface area contributed by atoms with E-state index in [9.17, 15) is 5.11 Å². The third kappa shape index (κ3) is 3.63. The quantitative estimate of drug-likeness (QED) is 0.918. The van der Waals surface area contributed by atoms with Crippen LogP contribution in [0.4, 0.5) is 0 Å². The zero-order chi connectivity index (χ0) is 14.0. The molecule has 1 saturated heterocycles. The van der Waals surface area contributed by atoms with Crippen molar-refractivity contribution in [1.82, 2.24) is 4.90 Å². The first kappa shape index (κ1) is 15.1. The predicted molar refractivity (Wildman–Crippen MR) is 81.1 cm³/mol. The molecule has 0 radical (unpaired) electrons. The highest BCUT2D eigenvalue weighted by molar-refractivity contribution is 6.42. The van der Waals surface area contributed by atoms with E-state index in [0.717, 1.165) is 31.5 Å². The van der Waals surface area contributed by atoms with E-state index in [1.807, 2.05) is 12.1 Å². The maximum Gasteiger partial charge on any atom is 0.0712 e. The van der Waals surface area contributed by atoms with Crippen molar-refractivity contribution in [3.05, 3.63) is 33.8 Å². The van der Waals surface area contributed by atoms with E-state index in [0.29, 0.717) is 22.5 Å². The van der Waals surface area contributed by atoms with Crippen molar-refractivity contribution in [2.24, 2.45) is 0 Å². The molecule has 1 heterocycles. The number of rotatable bonds is 3. The molecule has 2 nitrogen and oxygen atoms in total. The standard InChI is InChI=1S/C15H21Cl2NO/c1-11(2)18-8-6-15(19,7-9-18)10-12-4-3-5-13(16)14(12)17/h3-5,11,19H,6-10H2,1-2H3. The summed E-state index contributed by atoms with van der Waals surface area (Å²) >= 11 is 12.2. The highest BCUT2D eigenvalue weighted by Gasteiger charge is 2.33. The summed E-state index contributed by atoms with van der Waals surface area (Å²) in [6.45, 7) is 6.26. The largest absolute Gasteiger partial charge is 0.389 e. The fourth-order valence-electron chi connectivity index (χ4n) is 2.67. The van der Waals surface area contributed by atoms with Crippen LogP contribution >= 0.6 is 23.2 Å². The Morgan fingerprint density at radius 3 is 2.47 bits per heavy atom. The third-order valence-electron chi connectivity index (χ3n) is 4.01. The molecule has 106 valence electrons. The molecule has 1 fully saturated rings. The van der Waals surface area contributed by atoms with Crippen molar-refractivity contribution in [3.8, 4) is 0 Å². The van der Waals surface area contributed by atoms with Crippen molar-refractivity contribution >= 4 is 23.2 Å². The van der Waals surface area contributed by atoms with Crippen molar-refractivity contribution in [2.75, 3.05) is 13.1 Å². The second-order valence-corrected chi connectivity index (χ2v) is 6.53. The van der Waals surface area contributed by atoms with Crippen molar-refractivity contribution in [1.29, 1.82) is 0 Å². The first-order valence-corrected chi connectivity index (χ1v) is 7.56. The van der Waals surface area contributed by atoms with E-state index >= 15 is 0 Å². The monoisotopic (exact) mass is 301 g/mol. The number of benzene rings is 1. The van der Waals surface area contributed by atoms with Gasteiger partial charge in [-0.2, -0.15) is 0 Å². The Bertz CT molecular complexity index is 440. The van der Waals surface area contributed by atoms with Gasteiger partial charge in [-0.15, -0.1) is 0 Å². The minimum Gasteiger partial charge on any atom is -0.389 e. The average molecular weight is 302 g/mol. The van der Waals surface area contributed by atoms with Crippen LogP contribution in [0.1, 0.15) is 32.3 Å². The molecule has 1 aliphatic rings. The molecule has 0 atom stereocenters. The van der Waals surface area contributed by atoms with Crippen molar-refractivity contribution in [2.45, 2.75) is 44.8 Å². The molecule has 0 saturated carbocycles. The fourth-order valence-corrected chi connectivity index (χ4v) is 3.06. The summed E-state index contributed by atoms with van der Waals surface area (Å²) in [6, 6.07) is 6.15. The topological polar surface area (TPSA) is 23.5 Å². The Morgan fingerprint density at radius 2 is 1.89 bits per heavy atom. The van der Waals surface area contributed by atoms with Crippen LogP contribution in [0, 0.1) is 0 Å². The summed E-state index contributed by atoms with van der Waals surface area (Å²) in [7, 11) is 0. The second kappa shape index (κ2) is 6.01. The first-order chi connectivity index (χ1) is 8.91. The van der Waals surface area contributed by atoms with Crippen LogP contribution in [0.2, 0.25) is 10.0 Å². The number of aliphatic hydroxyl groups is 1. The van der Waals surface area contributed by atoms with E-state index in [-0.39, 0.29) is 0 Å². The number of piperidine rings is 1. The zero-order valence-electron chi connectivity index (χ0n) is 11.5. The van der Waals surface area contributed by atoms with Gasteiger partial charge in [-0.3, -0.25) is 0 Å². The summed E-state index contributed by atoms with van der Waals surface area (Å²) in [5.41, 5.74) is 0.286. The van der Waals surface area contributed by atoms with Crippen molar-refractivity contribution < 1.29 is 5.11 Å². The van der Waals surface area contributed by atoms with E-state index in [1.165, 1.54) is 0 Å². The van der Waals surface area contributed by atoms with Crippen molar-refractivity contribution in [3.63, 3.8) is 0 Å². The van der Waals surface area contributed by atoms with Gasteiger partial charge >= 0.3 is 0 Å².